The first kappa shape index (κ1) is 20.8. The van der Waals surface area contributed by atoms with Crippen molar-refractivity contribution in [3.05, 3.63) is 22.8 Å². The number of likely N-dealkylation sites (tertiary alicyclic amines) is 1. The van der Waals surface area contributed by atoms with E-state index in [1.165, 1.54) is 6.20 Å². The van der Waals surface area contributed by atoms with Crippen LogP contribution in [-0.2, 0) is 0 Å². The molecule has 6 rings (SSSR count). The predicted molar refractivity (Wildman–Crippen MR) is 115 cm³/mol. The minimum atomic E-state index is -0.905. The standard InChI is InChI=1S/C22H29ClN4O4/c1-24-20(28)15-6-14(23)10-25-19(15)26-16-2-3-27(21(29)30)18(16)17-12-4-11-5-13(17)9-22(31,7-11)8-12/h6,10-13,16-18,31H,2-5,7-9H2,1H3,(H,24,28)(H,25,26)(H,29,30)/t11?,12-,13?,16?,17?,18-,22?/m0/s1. The van der Waals surface area contributed by atoms with Gasteiger partial charge in [-0.2, -0.15) is 0 Å². The molecule has 1 aromatic rings. The Morgan fingerprint density at radius 2 is 1.97 bits per heavy atom. The maximum absolute atomic E-state index is 12.4. The largest absolute Gasteiger partial charge is 0.465 e. The highest BCUT2D eigenvalue weighted by Crippen LogP contribution is 2.60. The number of carbonyl (C=O) groups excluding carboxylic acids is 1. The molecule has 4 bridgehead atoms. The van der Waals surface area contributed by atoms with E-state index in [4.69, 9.17) is 11.6 Å². The molecule has 4 N–H and O–H groups in total. The number of amides is 2. The number of nitrogens with one attached hydrogen (secondary N) is 2. The fourth-order valence-electron chi connectivity index (χ4n) is 7.29. The monoisotopic (exact) mass is 448 g/mol. The van der Waals surface area contributed by atoms with E-state index in [-0.39, 0.29) is 23.9 Å². The number of carbonyl (C=O) groups is 2. The second-order valence-corrected chi connectivity index (χ2v) is 10.3. The van der Waals surface area contributed by atoms with E-state index in [9.17, 15) is 19.8 Å². The van der Waals surface area contributed by atoms with Crippen LogP contribution < -0.4 is 10.6 Å². The highest BCUT2D eigenvalue weighted by Gasteiger charge is 2.59. The predicted octanol–water partition coefficient (Wildman–Crippen LogP) is 2.81. The molecule has 0 radical (unpaired) electrons. The van der Waals surface area contributed by atoms with Gasteiger partial charge in [0.2, 0.25) is 0 Å². The summed E-state index contributed by atoms with van der Waals surface area (Å²) >= 11 is 6.07. The van der Waals surface area contributed by atoms with Crippen LogP contribution in [0.25, 0.3) is 0 Å². The number of hydrogen-bond acceptors (Lipinski definition) is 5. The molecule has 5 aliphatic rings. The van der Waals surface area contributed by atoms with E-state index < -0.39 is 11.7 Å². The first-order valence-corrected chi connectivity index (χ1v) is 11.5. The molecule has 1 saturated heterocycles. The van der Waals surface area contributed by atoms with Crippen LogP contribution in [0.15, 0.2) is 12.3 Å². The molecule has 5 fully saturated rings. The summed E-state index contributed by atoms with van der Waals surface area (Å²) in [6.07, 6.45) is 5.81. The molecular weight excluding hydrogens is 420 g/mol. The number of nitrogens with zero attached hydrogens (tertiary/aromatic N) is 2. The van der Waals surface area contributed by atoms with Gasteiger partial charge in [0.05, 0.1) is 28.3 Å². The number of aromatic nitrogens is 1. The molecule has 168 valence electrons. The van der Waals surface area contributed by atoms with Crippen LogP contribution in [0.5, 0.6) is 0 Å². The third-order valence-corrected chi connectivity index (χ3v) is 8.26. The zero-order chi connectivity index (χ0) is 21.9. The topological polar surface area (TPSA) is 115 Å². The fourth-order valence-corrected chi connectivity index (χ4v) is 7.45. The Kier molecular flexibility index (Phi) is 5.05. The molecule has 31 heavy (non-hydrogen) atoms. The Hall–Kier alpha value is -2.06. The lowest BCUT2D eigenvalue weighted by atomic mass is 9.48. The van der Waals surface area contributed by atoms with Gasteiger partial charge in [-0.25, -0.2) is 9.78 Å². The highest BCUT2D eigenvalue weighted by molar-refractivity contribution is 6.31. The van der Waals surface area contributed by atoms with Crippen molar-refractivity contribution in [2.24, 2.45) is 23.7 Å². The van der Waals surface area contributed by atoms with Crippen molar-refractivity contribution >= 4 is 29.4 Å². The Labute approximate surface area is 186 Å². The van der Waals surface area contributed by atoms with Gasteiger partial charge in [0.25, 0.3) is 5.91 Å². The van der Waals surface area contributed by atoms with Gasteiger partial charge in [-0.05, 0) is 68.3 Å². The lowest BCUT2D eigenvalue weighted by molar-refractivity contribution is -0.162. The molecule has 9 heteroatoms. The summed E-state index contributed by atoms with van der Waals surface area (Å²) in [5.41, 5.74) is -0.214. The second kappa shape index (κ2) is 7.52. The molecule has 2 amide bonds. The Balaban J connectivity index is 1.46. The number of hydrogen-bond donors (Lipinski definition) is 4. The van der Waals surface area contributed by atoms with Crippen LogP contribution in [0.1, 0.15) is 48.9 Å². The SMILES string of the molecule is CNC(=O)c1cc(Cl)cnc1NC1CCN(C(=O)O)[C@@H]1C1C2CC3C[C@H]1CC(O)(C3)C2. The van der Waals surface area contributed by atoms with Crippen LogP contribution in [0.2, 0.25) is 5.02 Å². The van der Waals surface area contributed by atoms with E-state index in [2.05, 4.69) is 15.6 Å². The number of halogens is 1. The number of carboxylic acid groups (broad SMARTS) is 1. The zero-order valence-electron chi connectivity index (χ0n) is 17.6. The Morgan fingerprint density at radius 1 is 1.26 bits per heavy atom. The molecule has 1 aliphatic heterocycles. The summed E-state index contributed by atoms with van der Waals surface area (Å²) in [5, 5.41) is 27.3. The van der Waals surface area contributed by atoms with Gasteiger partial charge >= 0.3 is 6.09 Å². The van der Waals surface area contributed by atoms with Crippen LogP contribution in [0, 0.1) is 23.7 Å². The van der Waals surface area contributed by atoms with Crippen LogP contribution in [0.3, 0.4) is 0 Å². The second-order valence-electron chi connectivity index (χ2n) is 9.91. The summed E-state index contributed by atoms with van der Waals surface area (Å²) in [5.74, 6) is 1.57. The third kappa shape index (κ3) is 3.53. The van der Waals surface area contributed by atoms with Crippen molar-refractivity contribution in [2.45, 2.75) is 56.2 Å². The first-order valence-electron chi connectivity index (χ1n) is 11.1. The lowest BCUT2D eigenvalue weighted by Crippen LogP contribution is -2.61. The molecular formula is C22H29ClN4O4. The molecule has 0 spiro atoms. The quantitative estimate of drug-likeness (QED) is 0.563. The van der Waals surface area contributed by atoms with Gasteiger partial charge in [-0.3, -0.25) is 4.79 Å². The van der Waals surface area contributed by atoms with Gasteiger partial charge in [0.1, 0.15) is 5.82 Å². The van der Waals surface area contributed by atoms with Crippen LogP contribution in [-0.4, -0.2) is 63.4 Å². The van der Waals surface area contributed by atoms with Gasteiger partial charge in [-0.1, -0.05) is 11.6 Å². The fraction of sp³-hybridized carbons (Fsp3) is 0.682. The maximum Gasteiger partial charge on any atom is 0.407 e. The average molecular weight is 449 g/mol. The number of rotatable bonds is 4. The summed E-state index contributed by atoms with van der Waals surface area (Å²) < 4.78 is 0. The number of aliphatic hydroxyl groups is 1. The molecule has 4 saturated carbocycles. The van der Waals surface area contributed by atoms with Crippen LogP contribution in [0.4, 0.5) is 10.6 Å². The van der Waals surface area contributed by atoms with Crippen molar-refractivity contribution in [3.8, 4) is 0 Å². The summed E-state index contributed by atoms with van der Waals surface area (Å²) in [4.78, 5) is 30.4. The summed E-state index contributed by atoms with van der Waals surface area (Å²) in [6, 6.07) is 1.23. The van der Waals surface area contributed by atoms with Gasteiger partial charge in [0.15, 0.2) is 0 Å². The smallest absolute Gasteiger partial charge is 0.407 e. The molecule has 5 unspecified atom stereocenters. The molecule has 8 nitrogen and oxygen atoms in total. The Morgan fingerprint density at radius 3 is 2.58 bits per heavy atom. The maximum atomic E-state index is 12.4. The van der Waals surface area contributed by atoms with Gasteiger partial charge in [-0.15, -0.1) is 0 Å². The number of pyridine rings is 1. The molecule has 2 heterocycles. The molecule has 0 aromatic carbocycles. The van der Waals surface area contributed by atoms with Crippen LogP contribution >= 0.6 is 11.6 Å². The van der Waals surface area contributed by atoms with Crippen molar-refractivity contribution < 1.29 is 19.8 Å². The zero-order valence-corrected chi connectivity index (χ0v) is 18.3. The molecule has 1 aromatic heterocycles. The van der Waals surface area contributed by atoms with Gasteiger partial charge in [0, 0.05) is 19.8 Å². The van der Waals surface area contributed by atoms with Crippen molar-refractivity contribution in [3.63, 3.8) is 0 Å². The first-order chi connectivity index (χ1) is 14.8. The lowest BCUT2D eigenvalue weighted by Gasteiger charge is -2.60. The van der Waals surface area contributed by atoms with E-state index in [0.717, 1.165) is 32.1 Å². The van der Waals surface area contributed by atoms with Crippen molar-refractivity contribution in [2.75, 3.05) is 18.9 Å². The summed E-state index contributed by atoms with van der Waals surface area (Å²) in [6.45, 7) is 0.449. The van der Waals surface area contributed by atoms with E-state index in [1.807, 2.05) is 0 Å². The Bertz CT molecular complexity index is 895. The van der Waals surface area contributed by atoms with E-state index in [1.54, 1.807) is 18.0 Å². The number of anilines is 1. The minimum Gasteiger partial charge on any atom is -0.465 e. The summed E-state index contributed by atoms with van der Waals surface area (Å²) in [7, 11) is 1.55. The van der Waals surface area contributed by atoms with E-state index in [0.29, 0.717) is 47.1 Å². The minimum absolute atomic E-state index is 0.148. The molecule has 4 aliphatic carbocycles. The van der Waals surface area contributed by atoms with E-state index >= 15 is 0 Å². The normalized spacial score (nSPS) is 38.4. The highest BCUT2D eigenvalue weighted by atomic mass is 35.5. The third-order valence-electron chi connectivity index (χ3n) is 8.06. The van der Waals surface area contributed by atoms with Crippen molar-refractivity contribution in [1.29, 1.82) is 0 Å². The average Bonchev–Trinajstić information content (AvgIpc) is 3.10. The van der Waals surface area contributed by atoms with Gasteiger partial charge < -0.3 is 25.7 Å². The van der Waals surface area contributed by atoms with Crippen molar-refractivity contribution in [1.82, 2.24) is 15.2 Å². The molecule has 7 atom stereocenters.